The van der Waals surface area contributed by atoms with Crippen LogP contribution in [-0.4, -0.2) is 21.8 Å². The average molecular weight is 509 g/mol. The average Bonchev–Trinajstić information content (AvgIpc) is 2.74. The van der Waals surface area contributed by atoms with Gasteiger partial charge in [0.05, 0.1) is 5.71 Å². The topological polar surface area (TPSA) is 63.8 Å². The van der Waals surface area contributed by atoms with Crippen LogP contribution in [0.3, 0.4) is 0 Å². The van der Waals surface area contributed by atoms with Gasteiger partial charge in [0, 0.05) is 35.8 Å². The quantitative estimate of drug-likeness (QED) is 0.255. The summed E-state index contributed by atoms with van der Waals surface area (Å²) in [5, 5.41) is 13.1. The molecule has 0 radical (unpaired) electrons. The predicted molar refractivity (Wildman–Crippen MR) is 118 cm³/mol. The van der Waals surface area contributed by atoms with Crippen molar-refractivity contribution >= 4 is 21.6 Å². The summed E-state index contributed by atoms with van der Waals surface area (Å²) >= 11 is 3.41. The van der Waals surface area contributed by atoms with Crippen LogP contribution in [0.2, 0.25) is 0 Å². The van der Waals surface area contributed by atoms with E-state index in [-0.39, 0.29) is 17.2 Å². The third-order valence-electron chi connectivity index (χ3n) is 4.96. The summed E-state index contributed by atoms with van der Waals surface area (Å²) in [4.78, 5) is 11.7. The van der Waals surface area contributed by atoms with Crippen LogP contribution >= 0.6 is 15.9 Å². The van der Waals surface area contributed by atoms with Gasteiger partial charge in [-0.05, 0) is 53.8 Å². The van der Waals surface area contributed by atoms with Gasteiger partial charge in [0.15, 0.2) is 0 Å². The van der Waals surface area contributed by atoms with Crippen LogP contribution in [0.1, 0.15) is 29.0 Å². The highest BCUT2D eigenvalue weighted by atomic mass is 79.9. The van der Waals surface area contributed by atoms with Gasteiger partial charge in [0.25, 0.3) is 0 Å². The zero-order chi connectivity index (χ0) is 23.3. The van der Waals surface area contributed by atoms with E-state index in [2.05, 4.69) is 25.8 Å². The number of ether oxygens (including phenoxy) is 1. The second-order valence-electron chi connectivity index (χ2n) is 7.26. The number of nitrogens with zero attached hydrogens (tertiary/aromatic N) is 2. The number of hydrogen-bond acceptors (Lipinski definition) is 4. The lowest BCUT2D eigenvalue weighted by molar-refractivity contribution is -0.274. The Balaban J connectivity index is 1.87. The van der Waals surface area contributed by atoms with E-state index >= 15 is 0 Å². The summed E-state index contributed by atoms with van der Waals surface area (Å²) in [6.45, 7) is 0. The molecule has 9 heteroatoms. The first-order chi connectivity index (χ1) is 15.1. The van der Waals surface area contributed by atoms with Crippen molar-refractivity contribution in [1.82, 2.24) is 4.57 Å². The molecule has 0 aliphatic rings. The van der Waals surface area contributed by atoms with Crippen molar-refractivity contribution < 1.29 is 23.1 Å². The number of pyridine rings is 1. The fraction of sp³-hybridized carbons (Fsp3) is 0.217. The lowest BCUT2D eigenvalue weighted by Crippen LogP contribution is -2.18. The number of benzene rings is 2. The van der Waals surface area contributed by atoms with Crippen molar-refractivity contribution in [3.63, 3.8) is 0 Å². The van der Waals surface area contributed by atoms with Gasteiger partial charge in [0.2, 0.25) is 5.56 Å². The molecule has 0 bridgehead atoms. The number of aromatic nitrogens is 1. The molecule has 1 aromatic heterocycles. The van der Waals surface area contributed by atoms with Crippen molar-refractivity contribution in [3.05, 3.63) is 98.4 Å². The van der Waals surface area contributed by atoms with Gasteiger partial charge in [-0.3, -0.25) is 4.79 Å². The Hall–Kier alpha value is -3.07. The van der Waals surface area contributed by atoms with Crippen LogP contribution in [-0.2, 0) is 13.5 Å². The molecule has 0 aliphatic carbocycles. The van der Waals surface area contributed by atoms with E-state index in [1.807, 2.05) is 24.3 Å². The fourth-order valence-electron chi connectivity index (χ4n) is 3.37. The molecule has 32 heavy (non-hydrogen) atoms. The molecule has 5 nitrogen and oxygen atoms in total. The molecule has 1 heterocycles. The van der Waals surface area contributed by atoms with E-state index in [0.29, 0.717) is 24.1 Å². The molecule has 0 spiro atoms. The summed E-state index contributed by atoms with van der Waals surface area (Å²) in [5.41, 5.74) is 2.58. The molecule has 168 valence electrons. The standard InChI is InChI=1S/C23H20BrF3N2O3/c1-29-14-17(6-11-22(29)30)21(28-31)13-18(16-4-7-19(24)8-5-16)12-15-2-9-20(10-3-15)32-23(25,26)27/h2-11,14,18,31H,12-13H2,1H3/b28-21+. The van der Waals surface area contributed by atoms with Crippen LogP contribution in [0.4, 0.5) is 13.2 Å². The summed E-state index contributed by atoms with van der Waals surface area (Å²) in [6, 6.07) is 16.4. The Morgan fingerprint density at radius 3 is 2.31 bits per heavy atom. The second-order valence-corrected chi connectivity index (χ2v) is 8.18. The van der Waals surface area contributed by atoms with E-state index in [1.165, 1.54) is 22.8 Å². The Bertz CT molecular complexity index is 1140. The Labute approximate surface area is 190 Å². The normalized spacial score (nSPS) is 13.1. The number of alkyl halides is 3. The van der Waals surface area contributed by atoms with Crippen LogP contribution < -0.4 is 10.3 Å². The lowest BCUT2D eigenvalue weighted by Gasteiger charge is -2.19. The molecule has 1 unspecified atom stereocenters. The minimum Gasteiger partial charge on any atom is -0.411 e. The molecule has 0 amide bonds. The summed E-state index contributed by atoms with van der Waals surface area (Å²) < 4.78 is 43.5. The first-order valence-corrected chi connectivity index (χ1v) is 10.4. The van der Waals surface area contributed by atoms with Gasteiger partial charge in [0.1, 0.15) is 5.75 Å². The van der Waals surface area contributed by atoms with E-state index in [0.717, 1.165) is 15.6 Å². The van der Waals surface area contributed by atoms with Crippen molar-refractivity contribution in [2.45, 2.75) is 25.1 Å². The van der Waals surface area contributed by atoms with Crippen molar-refractivity contribution in [2.24, 2.45) is 12.2 Å². The number of oxime groups is 1. The van der Waals surface area contributed by atoms with Gasteiger partial charge in [-0.2, -0.15) is 0 Å². The van der Waals surface area contributed by atoms with Crippen LogP contribution in [0.15, 0.2) is 81.3 Å². The molecule has 1 atom stereocenters. The monoisotopic (exact) mass is 508 g/mol. The van der Waals surface area contributed by atoms with E-state index in [9.17, 15) is 23.2 Å². The first-order valence-electron chi connectivity index (χ1n) is 9.63. The maximum absolute atomic E-state index is 12.4. The highest BCUT2D eigenvalue weighted by molar-refractivity contribution is 9.10. The van der Waals surface area contributed by atoms with Gasteiger partial charge in [-0.25, -0.2) is 0 Å². The third kappa shape index (κ3) is 6.46. The first kappa shape index (κ1) is 23.6. The molecule has 0 saturated carbocycles. The van der Waals surface area contributed by atoms with Gasteiger partial charge < -0.3 is 14.5 Å². The number of halogens is 4. The SMILES string of the molecule is Cn1cc(/C(CC(Cc2ccc(OC(F)(F)F)cc2)c2ccc(Br)cc2)=N/O)ccc1=O. The maximum Gasteiger partial charge on any atom is 0.573 e. The number of hydrogen-bond donors (Lipinski definition) is 1. The molecule has 0 saturated heterocycles. The minimum atomic E-state index is -4.75. The largest absolute Gasteiger partial charge is 0.573 e. The minimum absolute atomic E-state index is 0.138. The van der Waals surface area contributed by atoms with Gasteiger partial charge >= 0.3 is 6.36 Å². The molecule has 3 aromatic rings. The molecular weight excluding hydrogens is 489 g/mol. The summed E-state index contributed by atoms with van der Waals surface area (Å²) in [7, 11) is 1.61. The van der Waals surface area contributed by atoms with Gasteiger partial charge in [-0.15, -0.1) is 13.2 Å². The molecule has 3 rings (SSSR count). The van der Waals surface area contributed by atoms with Gasteiger partial charge in [-0.1, -0.05) is 45.4 Å². The fourth-order valence-corrected chi connectivity index (χ4v) is 3.63. The second kappa shape index (κ2) is 10.0. The van der Waals surface area contributed by atoms with Crippen LogP contribution in [0.25, 0.3) is 0 Å². The molecular formula is C23H20BrF3N2O3. The molecule has 0 fully saturated rings. The number of rotatable bonds is 7. The van der Waals surface area contributed by atoms with E-state index in [1.54, 1.807) is 31.4 Å². The van der Waals surface area contributed by atoms with Crippen molar-refractivity contribution in [2.75, 3.05) is 0 Å². The predicted octanol–water partition coefficient (Wildman–Crippen LogP) is 5.64. The van der Waals surface area contributed by atoms with Crippen molar-refractivity contribution in [1.29, 1.82) is 0 Å². The Morgan fingerprint density at radius 2 is 1.75 bits per heavy atom. The van der Waals surface area contributed by atoms with Crippen LogP contribution in [0, 0.1) is 0 Å². The maximum atomic E-state index is 12.4. The summed E-state index contributed by atoms with van der Waals surface area (Å²) in [5.74, 6) is -0.426. The van der Waals surface area contributed by atoms with E-state index < -0.39 is 6.36 Å². The van der Waals surface area contributed by atoms with Crippen molar-refractivity contribution in [3.8, 4) is 5.75 Å². The Morgan fingerprint density at radius 1 is 1.09 bits per heavy atom. The summed E-state index contributed by atoms with van der Waals surface area (Å²) in [6.07, 6.45) is -2.32. The smallest absolute Gasteiger partial charge is 0.411 e. The highest BCUT2D eigenvalue weighted by Crippen LogP contribution is 2.29. The highest BCUT2D eigenvalue weighted by Gasteiger charge is 2.31. The van der Waals surface area contributed by atoms with Crippen LogP contribution in [0.5, 0.6) is 5.75 Å². The third-order valence-corrected chi connectivity index (χ3v) is 5.49. The van der Waals surface area contributed by atoms with E-state index in [4.69, 9.17) is 0 Å². The Kier molecular flexibility index (Phi) is 7.40. The zero-order valence-corrected chi connectivity index (χ0v) is 18.6. The lowest BCUT2D eigenvalue weighted by atomic mass is 9.86. The number of aryl methyl sites for hydroxylation is 1. The molecule has 2 aromatic carbocycles. The molecule has 1 N–H and O–H groups in total. The zero-order valence-electron chi connectivity index (χ0n) is 17.0. The molecule has 0 aliphatic heterocycles.